The van der Waals surface area contributed by atoms with Crippen molar-refractivity contribution in [3.05, 3.63) is 33.6 Å². The van der Waals surface area contributed by atoms with Crippen LogP contribution >= 0.6 is 0 Å². The van der Waals surface area contributed by atoms with Gasteiger partial charge in [-0.3, -0.25) is 14.9 Å². The second-order valence-corrected chi connectivity index (χ2v) is 5.74. The molecule has 1 amide bonds. The summed E-state index contributed by atoms with van der Waals surface area (Å²) in [5.41, 5.74) is 4.49. The van der Waals surface area contributed by atoms with Crippen molar-refractivity contribution in [1.29, 1.82) is 0 Å². The Morgan fingerprint density at radius 3 is 2.57 bits per heavy atom. The quantitative estimate of drug-likeness (QED) is 0.512. The predicted octanol–water partition coefficient (Wildman–Crippen LogP) is 2.33. The zero-order chi connectivity index (χ0) is 15.1. The smallest absolute Gasteiger partial charge is 0.293 e. The molecule has 3 rings (SSSR count). The van der Waals surface area contributed by atoms with Crippen LogP contribution in [0.5, 0.6) is 0 Å². The molecule has 2 saturated carbocycles. The lowest BCUT2D eigenvalue weighted by molar-refractivity contribution is -0.384. The van der Waals surface area contributed by atoms with Crippen molar-refractivity contribution in [3.63, 3.8) is 0 Å². The number of nitrogens with two attached hydrogens (primary N) is 1. The molecule has 1 aromatic rings. The highest BCUT2D eigenvalue weighted by Crippen LogP contribution is 2.37. The summed E-state index contributed by atoms with van der Waals surface area (Å²) in [7, 11) is 0. The number of anilines is 1. The SMILES string of the molecule is Nc1c([N+](=O)[O-])ccc(F)c1C(=O)N(CC1CC1)C1CC1. The Morgan fingerprint density at radius 1 is 1.38 bits per heavy atom. The first-order chi connectivity index (χ1) is 9.99. The van der Waals surface area contributed by atoms with Gasteiger partial charge in [0.05, 0.1) is 4.92 Å². The molecule has 0 bridgehead atoms. The van der Waals surface area contributed by atoms with Gasteiger partial charge in [-0.05, 0) is 37.7 Å². The lowest BCUT2D eigenvalue weighted by atomic mass is 10.1. The van der Waals surface area contributed by atoms with Crippen molar-refractivity contribution in [2.45, 2.75) is 31.7 Å². The number of carbonyl (C=O) groups is 1. The minimum atomic E-state index is -0.801. The molecule has 2 N–H and O–H groups in total. The first kappa shape index (κ1) is 13.8. The number of nitrogens with zero attached hydrogens (tertiary/aromatic N) is 2. The maximum Gasteiger partial charge on any atom is 0.293 e. The van der Waals surface area contributed by atoms with Crippen molar-refractivity contribution in [2.24, 2.45) is 5.92 Å². The summed E-state index contributed by atoms with van der Waals surface area (Å²) in [5, 5.41) is 10.9. The van der Waals surface area contributed by atoms with Crippen molar-refractivity contribution < 1.29 is 14.1 Å². The minimum Gasteiger partial charge on any atom is -0.392 e. The van der Waals surface area contributed by atoms with Crippen molar-refractivity contribution in [2.75, 3.05) is 12.3 Å². The zero-order valence-electron chi connectivity index (χ0n) is 11.4. The normalized spacial score (nSPS) is 17.6. The molecular weight excluding hydrogens is 277 g/mol. The fraction of sp³-hybridized carbons (Fsp3) is 0.500. The lowest BCUT2D eigenvalue weighted by Gasteiger charge is -2.23. The van der Waals surface area contributed by atoms with E-state index in [0.717, 1.165) is 37.8 Å². The minimum absolute atomic E-state index is 0.121. The molecule has 6 nitrogen and oxygen atoms in total. The van der Waals surface area contributed by atoms with Crippen LogP contribution in [0.1, 0.15) is 36.0 Å². The fourth-order valence-electron chi connectivity index (χ4n) is 2.46. The van der Waals surface area contributed by atoms with E-state index >= 15 is 0 Å². The molecule has 7 heteroatoms. The largest absolute Gasteiger partial charge is 0.392 e. The van der Waals surface area contributed by atoms with Crippen LogP contribution in [-0.2, 0) is 0 Å². The van der Waals surface area contributed by atoms with Crippen LogP contribution in [0.25, 0.3) is 0 Å². The second-order valence-electron chi connectivity index (χ2n) is 5.74. The maximum absolute atomic E-state index is 14.0. The van der Waals surface area contributed by atoms with Crippen molar-refractivity contribution >= 4 is 17.3 Å². The molecule has 0 unspecified atom stereocenters. The third-order valence-electron chi connectivity index (χ3n) is 3.98. The number of nitro groups is 1. The monoisotopic (exact) mass is 293 g/mol. The van der Waals surface area contributed by atoms with Crippen molar-refractivity contribution in [3.8, 4) is 0 Å². The molecule has 0 radical (unpaired) electrons. The summed E-state index contributed by atoms with van der Waals surface area (Å²) in [4.78, 5) is 24.4. The number of carbonyl (C=O) groups excluding carboxylic acids is 1. The summed E-state index contributed by atoms with van der Waals surface area (Å²) in [5.74, 6) is -0.856. The van der Waals surface area contributed by atoms with E-state index in [1.807, 2.05) is 0 Å². The van der Waals surface area contributed by atoms with Gasteiger partial charge in [-0.25, -0.2) is 4.39 Å². The van der Waals surface area contributed by atoms with E-state index in [4.69, 9.17) is 5.73 Å². The molecule has 2 fully saturated rings. The summed E-state index contributed by atoms with van der Waals surface area (Å²) < 4.78 is 14.0. The molecule has 0 aromatic heterocycles. The van der Waals surface area contributed by atoms with Gasteiger partial charge in [0.2, 0.25) is 0 Å². The zero-order valence-corrected chi connectivity index (χ0v) is 11.4. The number of amides is 1. The molecule has 0 atom stereocenters. The van der Waals surface area contributed by atoms with Gasteiger partial charge in [0.1, 0.15) is 17.1 Å². The van der Waals surface area contributed by atoms with Crippen molar-refractivity contribution in [1.82, 2.24) is 4.90 Å². The summed E-state index contributed by atoms with van der Waals surface area (Å²) in [6, 6.07) is 2.05. The highest BCUT2D eigenvalue weighted by Gasteiger charge is 2.39. The second kappa shape index (κ2) is 4.98. The number of nitro benzene ring substituents is 1. The van der Waals surface area contributed by atoms with Gasteiger partial charge in [0, 0.05) is 18.7 Å². The maximum atomic E-state index is 14.0. The third-order valence-corrected chi connectivity index (χ3v) is 3.98. The van der Waals surface area contributed by atoms with Gasteiger partial charge in [-0.1, -0.05) is 0 Å². The molecule has 2 aliphatic carbocycles. The number of nitrogen functional groups attached to an aromatic ring is 1. The van der Waals surface area contributed by atoms with E-state index in [0.29, 0.717) is 12.5 Å². The van der Waals surface area contributed by atoms with Crippen LogP contribution in [0.15, 0.2) is 12.1 Å². The first-order valence-corrected chi connectivity index (χ1v) is 7.02. The first-order valence-electron chi connectivity index (χ1n) is 7.02. The van der Waals surface area contributed by atoms with E-state index in [1.165, 1.54) is 0 Å². The van der Waals surface area contributed by atoms with Crippen LogP contribution < -0.4 is 5.73 Å². The Kier molecular flexibility index (Phi) is 3.27. The molecule has 112 valence electrons. The summed E-state index contributed by atoms with van der Waals surface area (Å²) in [6.07, 6.45) is 3.94. The van der Waals surface area contributed by atoms with Gasteiger partial charge >= 0.3 is 0 Å². The molecule has 2 aliphatic rings. The Labute approximate surface area is 120 Å². The van der Waals surface area contributed by atoms with Gasteiger partial charge < -0.3 is 10.6 Å². The third kappa shape index (κ3) is 2.68. The van der Waals surface area contributed by atoms with E-state index in [-0.39, 0.29) is 17.3 Å². The van der Waals surface area contributed by atoms with Gasteiger partial charge in [-0.2, -0.15) is 0 Å². The van der Waals surface area contributed by atoms with E-state index in [1.54, 1.807) is 4.90 Å². The van der Waals surface area contributed by atoms with E-state index < -0.39 is 22.3 Å². The average Bonchev–Trinajstić information content (AvgIpc) is 3.28. The Bertz CT molecular complexity index is 612. The summed E-state index contributed by atoms with van der Waals surface area (Å²) in [6.45, 7) is 0.588. The number of halogens is 1. The van der Waals surface area contributed by atoms with Crippen LogP contribution in [-0.4, -0.2) is 28.3 Å². The van der Waals surface area contributed by atoms with Gasteiger partial charge in [0.25, 0.3) is 11.6 Å². The molecule has 0 heterocycles. The standard InChI is InChI=1S/C14H16FN3O3/c15-10-5-6-11(18(20)21)13(16)12(10)14(19)17(9-3-4-9)7-8-1-2-8/h5-6,8-9H,1-4,7,16H2. The Hall–Kier alpha value is -2.18. The number of benzene rings is 1. The molecule has 0 aliphatic heterocycles. The van der Waals surface area contributed by atoms with E-state index in [2.05, 4.69) is 0 Å². The lowest BCUT2D eigenvalue weighted by Crippen LogP contribution is -2.36. The Balaban J connectivity index is 1.95. The van der Waals surface area contributed by atoms with Crippen LogP contribution in [0.4, 0.5) is 15.8 Å². The topological polar surface area (TPSA) is 89.5 Å². The average molecular weight is 293 g/mol. The van der Waals surface area contributed by atoms with Crippen LogP contribution in [0, 0.1) is 21.8 Å². The summed E-state index contributed by atoms with van der Waals surface area (Å²) >= 11 is 0. The fourth-order valence-corrected chi connectivity index (χ4v) is 2.46. The molecule has 1 aromatic carbocycles. The molecule has 21 heavy (non-hydrogen) atoms. The highest BCUT2D eigenvalue weighted by molar-refractivity contribution is 6.01. The number of rotatable bonds is 5. The molecule has 0 saturated heterocycles. The number of hydrogen-bond donors (Lipinski definition) is 1. The Morgan fingerprint density at radius 2 is 2.05 bits per heavy atom. The molecular formula is C14H16FN3O3. The number of hydrogen-bond acceptors (Lipinski definition) is 4. The van der Waals surface area contributed by atoms with E-state index in [9.17, 15) is 19.3 Å². The molecule has 0 spiro atoms. The van der Waals surface area contributed by atoms with Crippen LogP contribution in [0.2, 0.25) is 0 Å². The van der Waals surface area contributed by atoms with Gasteiger partial charge in [0.15, 0.2) is 0 Å². The van der Waals surface area contributed by atoms with Crippen LogP contribution in [0.3, 0.4) is 0 Å². The van der Waals surface area contributed by atoms with Gasteiger partial charge in [-0.15, -0.1) is 0 Å². The highest BCUT2D eigenvalue weighted by atomic mass is 19.1. The predicted molar refractivity (Wildman–Crippen MR) is 74.2 cm³/mol.